The van der Waals surface area contributed by atoms with E-state index in [-0.39, 0.29) is 34.5 Å². The molecular weight excluding hydrogens is 513 g/mol. The Labute approximate surface area is 235 Å². The minimum atomic E-state index is -0.749. The van der Waals surface area contributed by atoms with E-state index >= 15 is 0 Å². The van der Waals surface area contributed by atoms with Crippen molar-refractivity contribution in [2.24, 2.45) is 5.41 Å². The topological polar surface area (TPSA) is 99.1 Å². The molecule has 2 aromatic rings. The highest BCUT2D eigenvalue weighted by Gasteiger charge is 2.47. The van der Waals surface area contributed by atoms with Crippen molar-refractivity contribution in [3.05, 3.63) is 42.1 Å². The van der Waals surface area contributed by atoms with Gasteiger partial charge in [-0.1, -0.05) is 0 Å². The van der Waals surface area contributed by atoms with Crippen molar-refractivity contribution >= 4 is 17.5 Å². The molecule has 0 atom stereocenters. The molecule has 10 heteroatoms. The summed E-state index contributed by atoms with van der Waals surface area (Å²) in [6, 6.07) is 3.95. The van der Waals surface area contributed by atoms with Gasteiger partial charge in [0.2, 0.25) is 0 Å². The maximum Gasteiger partial charge on any atom is 0.257 e. The number of ether oxygens (including phenoxy) is 1. The normalized spacial score (nSPS) is 20.4. The third-order valence-corrected chi connectivity index (χ3v) is 8.80. The predicted octanol–water partition coefficient (Wildman–Crippen LogP) is 4.05. The minimum absolute atomic E-state index is 0.0392. The third-order valence-electron chi connectivity index (χ3n) is 8.80. The molecule has 2 aliphatic heterocycles. The summed E-state index contributed by atoms with van der Waals surface area (Å²) in [7, 11) is 0. The molecule has 2 saturated heterocycles. The Kier molecular flexibility index (Phi) is 8.10. The van der Waals surface area contributed by atoms with Crippen molar-refractivity contribution in [3.63, 3.8) is 0 Å². The monoisotopic (exact) mass is 553 g/mol. The second kappa shape index (κ2) is 11.4. The lowest BCUT2D eigenvalue weighted by Gasteiger charge is -2.55. The molecule has 5 rings (SSSR count). The summed E-state index contributed by atoms with van der Waals surface area (Å²) >= 11 is 0. The molecular formula is C30H40FN5O4. The number of hydrogen-bond donors (Lipinski definition) is 1. The number of benzene rings is 1. The van der Waals surface area contributed by atoms with Crippen molar-refractivity contribution in [2.75, 3.05) is 44.2 Å². The van der Waals surface area contributed by atoms with Crippen molar-refractivity contribution in [3.8, 4) is 11.5 Å². The fraction of sp³-hybridized carbons (Fsp3) is 0.600. The number of rotatable bonds is 8. The van der Waals surface area contributed by atoms with Crippen LogP contribution in [0.4, 0.5) is 10.2 Å². The number of piperidine rings is 1. The van der Waals surface area contributed by atoms with Gasteiger partial charge in [-0.3, -0.25) is 9.59 Å². The highest BCUT2D eigenvalue weighted by molar-refractivity contribution is 5.97. The van der Waals surface area contributed by atoms with Gasteiger partial charge in [0, 0.05) is 50.5 Å². The van der Waals surface area contributed by atoms with Crippen LogP contribution in [0.5, 0.6) is 11.5 Å². The summed E-state index contributed by atoms with van der Waals surface area (Å²) in [5.74, 6) is 0.822. The Morgan fingerprint density at radius 2 is 1.85 bits per heavy atom. The van der Waals surface area contributed by atoms with Gasteiger partial charge in [-0.05, 0) is 77.7 Å². The van der Waals surface area contributed by atoms with Crippen LogP contribution in [-0.2, 0) is 4.79 Å². The van der Waals surface area contributed by atoms with Gasteiger partial charge in [0.15, 0.2) is 11.6 Å². The van der Waals surface area contributed by atoms with Crippen LogP contribution < -0.4 is 9.64 Å². The smallest absolute Gasteiger partial charge is 0.257 e. The molecule has 0 unspecified atom stereocenters. The zero-order valence-corrected chi connectivity index (χ0v) is 23.7. The summed E-state index contributed by atoms with van der Waals surface area (Å²) in [6.07, 6.45) is 7.21. The van der Waals surface area contributed by atoms with Crippen molar-refractivity contribution in [1.82, 2.24) is 19.8 Å². The van der Waals surface area contributed by atoms with Gasteiger partial charge in [0.1, 0.15) is 23.7 Å². The van der Waals surface area contributed by atoms with Gasteiger partial charge in [-0.25, -0.2) is 14.4 Å². The van der Waals surface area contributed by atoms with Crippen LogP contribution >= 0.6 is 0 Å². The van der Waals surface area contributed by atoms with Crippen molar-refractivity contribution in [2.45, 2.75) is 70.9 Å². The number of β-amino-alcohol motifs (C(OH)–C–C–N with tert-alkyl or cyclic N) is 1. The molecule has 3 fully saturated rings. The number of anilines is 1. The van der Waals surface area contributed by atoms with Gasteiger partial charge >= 0.3 is 0 Å². The minimum Gasteiger partial charge on any atom is -0.451 e. The highest BCUT2D eigenvalue weighted by atomic mass is 19.1. The molecule has 1 aliphatic carbocycles. The molecule has 1 spiro atoms. The fourth-order valence-electron chi connectivity index (χ4n) is 6.38. The standard InChI is InChI=1S/C30H40FN5O4/c1-4-36(21(2)3)28(38)24-15-22(31)5-6-25(24)40-26-16-32-20-33-27(26)35-17-29(18-35)11-13-34(14-12-29)19-30(39)9-7-23(37)8-10-30/h5-6,15-16,20-21,39H,4,7-14,17-19H2,1-3H3. The average molecular weight is 554 g/mol. The number of halogens is 1. The first kappa shape index (κ1) is 28.4. The van der Waals surface area contributed by atoms with Crippen molar-refractivity contribution < 1.29 is 23.8 Å². The lowest BCUT2D eigenvalue weighted by atomic mass is 9.71. The van der Waals surface area contributed by atoms with Crippen LogP contribution in [0, 0.1) is 11.2 Å². The fourth-order valence-corrected chi connectivity index (χ4v) is 6.38. The first-order valence-electron chi connectivity index (χ1n) is 14.4. The number of aromatic nitrogens is 2. The molecule has 1 saturated carbocycles. The molecule has 1 aromatic heterocycles. The van der Waals surface area contributed by atoms with Crippen LogP contribution in [0.25, 0.3) is 0 Å². The Balaban J connectivity index is 1.24. The SMILES string of the molecule is CCN(C(=O)c1cc(F)ccc1Oc1cncnc1N1CC2(CCN(CC3(O)CCC(=O)CC3)CC2)C1)C(C)C. The van der Waals surface area contributed by atoms with E-state index in [0.29, 0.717) is 50.3 Å². The number of carbonyl (C=O) groups excluding carboxylic acids is 2. The van der Waals surface area contributed by atoms with Gasteiger partial charge in [-0.15, -0.1) is 0 Å². The first-order chi connectivity index (χ1) is 19.1. The maximum atomic E-state index is 14.2. The van der Waals surface area contributed by atoms with Gasteiger partial charge in [0.25, 0.3) is 5.91 Å². The lowest BCUT2D eigenvalue weighted by molar-refractivity contribution is -0.126. The molecule has 1 amide bonds. The molecule has 3 heterocycles. The predicted molar refractivity (Wildman–Crippen MR) is 149 cm³/mol. The summed E-state index contributed by atoms with van der Waals surface area (Å²) in [6.45, 7) is 10.4. The number of nitrogens with zero attached hydrogens (tertiary/aromatic N) is 5. The second-order valence-electron chi connectivity index (χ2n) is 12.0. The number of amides is 1. The summed E-state index contributed by atoms with van der Waals surface area (Å²) < 4.78 is 20.4. The molecule has 0 radical (unpaired) electrons. The van der Waals surface area contributed by atoms with Crippen LogP contribution in [0.2, 0.25) is 0 Å². The van der Waals surface area contributed by atoms with E-state index < -0.39 is 11.4 Å². The molecule has 9 nitrogen and oxygen atoms in total. The summed E-state index contributed by atoms with van der Waals surface area (Å²) in [5.41, 5.74) is -0.400. The van der Waals surface area contributed by atoms with Crippen LogP contribution in [0.1, 0.15) is 69.7 Å². The van der Waals surface area contributed by atoms with Crippen LogP contribution in [-0.4, -0.2) is 87.5 Å². The highest BCUT2D eigenvalue weighted by Crippen LogP contribution is 2.45. The quantitative estimate of drug-likeness (QED) is 0.523. The number of hydrogen-bond acceptors (Lipinski definition) is 8. The molecule has 40 heavy (non-hydrogen) atoms. The number of aliphatic hydroxyl groups is 1. The Hall–Kier alpha value is -3.11. The van der Waals surface area contributed by atoms with Crippen molar-refractivity contribution in [1.29, 1.82) is 0 Å². The van der Waals surface area contributed by atoms with E-state index in [4.69, 9.17) is 4.74 Å². The lowest BCUT2D eigenvalue weighted by Crippen LogP contribution is -2.61. The molecule has 1 N–H and O–H groups in total. The number of carbonyl (C=O) groups is 2. The Bertz CT molecular complexity index is 1230. The summed E-state index contributed by atoms with van der Waals surface area (Å²) in [5, 5.41) is 11.0. The van der Waals surface area contributed by atoms with E-state index in [1.165, 1.54) is 24.5 Å². The Morgan fingerprint density at radius 1 is 1.15 bits per heavy atom. The zero-order valence-electron chi connectivity index (χ0n) is 23.7. The van der Waals surface area contributed by atoms with Crippen LogP contribution in [0.3, 0.4) is 0 Å². The molecule has 1 aromatic carbocycles. The number of Topliss-reactive ketones (excluding diaryl/α,β-unsaturated/α-hetero) is 1. The van der Waals surface area contributed by atoms with Gasteiger partial charge in [-0.2, -0.15) is 0 Å². The number of ketones is 1. The van der Waals surface area contributed by atoms with Crippen LogP contribution in [0.15, 0.2) is 30.7 Å². The van der Waals surface area contributed by atoms with E-state index in [2.05, 4.69) is 19.8 Å². The average Bonchev–Trinajstić information content (AvgIpc) is 2.91. The maximum absolute atomic E-state index is 14.2. The largest absolute Gasteiger partial charge is 0.451 e. The van der Waals surface area contributed by atoms with E-state index in [1.807, 2.05) is 20.8 Å². The zero-order chi connectivity index (χ0) is 28.5. The second-order valence-corrected chi connectivity index (χ2v) is 12.0. The number of likely N-dealkylation sites (tertiary alicyclic amines) is 1. The van der Waals surface area contributed by atoms with Gasteiger partial charge in [0.05, 0.1) is 17.4 Å². The summed E-state index contributed by atoms with van der Waals surface area (Å²) in [4.78, 5) is 39.7. The molecule has 0 bridgehead atoms. The first-order valence-corrected chi connectivity index (χ1v) is 14.4. The molecule has 216 valence electrons. The molecule has 3 aliphatic rings. The van der Waals surface area contributed by atoms with Gasteiger partial charge < -0.3 is 24.5 Å². The Morgan fingerprint density at radius 3 is 2.50 bits per heavy atom. The third kappa shape index (κ3) is 5.98. The van der Waals surface area contributed by atoms with E-state index in [1.54, 1.807) is 11.1 Å². The van der Waals surface area contributed by atoms with E-state index in [0.717, 1.165) is 39.0 Å². The van der Waals surface area contributed by atoms with E-state index in [9.17, 15) is 19.1 Å².